The first kappa shape index (κ1) is 12.1. The van der Waals surface area contributed by atoms with E-state index >= 15 is 0 Å². The van der Waals surface area contributed by atoms with Crippen molar-refractivity contribution in [2.24, 2.45) is 0 Å². The van der Waals surface area contributed by atoms with Crippen molar-refractivity contribution in [3.63, 3.8) is 0 Å². The summed E-state index contributed by atoms with van der Waals surface area (Å²) in [6.07, 6.45) is 0. The van der Waals surface area contributed by atoms with Crippen molar-refractivity contribution < 1.29 is 13.9 Å². The third-order valence-corrected chi connectivity index (χ3v) is 2.34. The number of hydrogen-bond acceptors (Lipinski definition) is 5. The van der Waals surface area contributed by atoms with Crippen molar-refractivity contribution in [2.75, 3.05) is 13.4 Å². The van der Waals surface area contributed by atoms with Crippen LogP contribution < -0.4 is 10.4 Å². The van der Waals surface area contributed by atoms with Gasteiger partial charge in [-0.15, -0.1) is 0 Å². The van der Waals surface area contributed by atoms with E-state index in [1.165, 1.54) is 6.07 Å². The molecule has 0 atom stereocenters. The molecule has 1 heterocycles. The van der Waals surface area contributed by atoms with Gasteiger partial charge in [-0.2, -0.15) is 5.26 Å². The third-order valence-electron chi connectivity index (χ3n) is 2.34. The molecule has 0 spiro atoms. The highest BCUT2D eigenvalue weighted by Crippen LogP contribution is 2.20. The van der Waals surface area contributed by atoms with Gasteiger partial charge in [-0.1, -0.05) is 0 Å². The molecule has 1 aromatic heterocycles. The molecule has 0 amide bonds. The quantitative estimate of drug-likeness (QED) is 0.468. The minimum absolute atomic E-state index is 0.00881. The Morgan fingerprint density at radius 3 is 2.94 bits per heavy atom. The predicted octanol–water partition coefficient (Wildman–Crippen LogP) is 2.04. The summed E-state index contributed by atoms with van der Waals surface area (Å²) in [5.74, 6) is 0.545. The van der Waals surface area contributed by atoms with Crippen molar-refractivity contribution in [3.05, 3.63) is 40.2 Å². The molecule has 0 N–H and O–H groups in total. The average molecular weight is 245 g/mol. The Bertz CT molecular complexity index is 654. The molecule has 0 aliphatic heterocycles. The number of ether oxygens (including phenoxy) is 2. The maximum atomic E-state index is 11.4. The summed E-state index contributed by atoms with van der Waals surface area (Å²) in [5.41, 5.74) is -0.273. The molecule has 0 bridgehead atoms. The molecule has 2 rings (SSSR count). The van der Waals surface area contributed by atoms with E-state index in [0.717, 1.165) is 0 Å². The van der Waals surface area contributed by atoms with Crippen LogP contribution in [0.5, 0.6) is 5.75 Å². The maximum absolute atomic E-state index is 11.4. The van der Waals surface area contributed by atoms with Gasteiger partial charge in [0.2, 0.25) is 0 Å². The van der Waals surface area contributed by atoms with Crippen LogP contribution in [0.15, 0.2) is 33.5 Å². The molecule has 92 valence electrons. The van der Waals surface area contributed by atoms with E-state index in [9.17, 15) is 4.79 Å². The summed E-state index contributed by atoms with van der Waals surface area (Å²) in [5, 5.41) is 9.40. The second-order valence-corrected chi connectivity index (χ2v) is 3.51. The van der Waals surface area contributed by atoms with E-state index < -0.39 is 5.63 Å². The van der Waals surface area contributed by atoms with Gasteiger partial charge in [0.1, 0.15) is 23.0 Å². The van der Waals surface area contributed by atoms with Crippen LogP contribution in [-0.4, -0.2) is 13.4 Å². The molecule has 0 saturated carbocycles. The second-order valence-electron chi connectivity index (χ2n) is 3.51. The summed E-state index contributed by atoms with van der Waals surface area (Å²) < 4.78 is 15.4. The Morgan fingerprint density at radius 2 is 2.22 bits per heavy atom. The maximum Gasteiger partial charge on any atom is 0.354 e. The van der Waals surface area contributed by atoms with E-state index in [4.69, 9.17) is 19.2 Å². The van der Waals surface area contributed by atoms with Gasteiger partial charge in [0.15, 0.2) is 6.79 Å². The van der Waals surface area contributed by atoms with E-state index in [-0.39, 0.29) is 12.4 Å². The number of nitriles is 1. The van der Waals surface area contributed by atoms with Gasteiger partial charge in [-0.3, -0.25) is 0 Å². The lowest BCUT2D eigenvalue weighted by molar-refractivity contribution is 0.0224. The van der Waals surface area contributed by atoms with Gasteiger partial charge in [-0.05, 0) is 25.1 Å². The zero-order chi connectivity index (χ0) is 13.0. The molecule has 0 radical (unpaired) electrons. The lowest BCUT2D eigenvalue weighted by atomic mass is 10.2. The van der Waals surface area contributed by atoms with Crippen molar-refractivity contribution in [1.29, 1.82) is 5.26 Å². The number of nitrogens with zero attached hydrogens (tertiary/aromatic N) is 1. The third kappa shape index (κ3) is 2.50. The zero-order valence-corrected chi connectivity index (χ0v) is 9.80. The Kier molecular flexibility index (Phi) is 3.60. The monoisotopic (exact) mass is 245 g/mol. The molecule has 2 aromatic rings. The molecule has 0 fully saturated rings. The van der Waals surface area contributed by atoms with Gasteiger partial charge >= 0.3 is 5.63 Å². The van der Waals surface area contributed by atoms with Gasteiger partial charge in [0.05, 0.1) is 0 Å². The standard InChI is InChI=1S/C13H11NO4/c1-2-16-8-17-11-4-3-9-5-10(7-14)13(15)18-12(9)6-11/h3-6H,2,8H2,1H3. The Hall–Kier alpha value is -2.32. The SMILES string of the molecule is CCOCOc1ccc2cc(C#N)c(=O)oc2c1. The highest BCUT2D eigenvalue weighted by Gasteiger charge is 2.05. The fraction of sp³-hybridized carbons (Fsp3) is 0.231. The van der Waals surface area contributed by atoms with Crippen LogP contribution >= 0.6 is 0 Å². The van der Waals surface area contributed by atoms with Gasteiger partial charge < -0.3 is 13.9 Å². The molecular weight excluding hydrogens is 234 g/mol. The van der Waals surface area contributed by atoms with E-state index in [2.05, 4.69) is 0 Å². The summed E-state index contributed by atoms with van der Waals surface area (Å²) in [6.45, 7) is 2.57. The van der Waals surface area contributed by atoms with E-state index in [1.807, 2.05) is 6.92 Å². The van der Waals surface area contributed by atoms with Crippen LogP contribution in [0.25, 0.3) is 11.0 Å². The summed E-state index contributed by atoms with van der Waals surface area (Å²) in [4.78, 5) is 11.4. The lowest BCUT2D eigenvalue weighted by Crippen LogP contribution is -2.04. The van der Waals surface area contributed by atoms with Crippen LogP contribution in [0.4, 0.5) is 0 Å². The lowest BCUT2D eigenvalue weighted by Gasteiger charge is -2.06. The Morgan fingerprint density at radius 1 is 1.39 bits per heavy atom. The first-order valence-electron chi connectivity index (χ1n) is 5.43. The zero-order valence-electron chi connectivity index (χ0n) is 9.80. The van der Waals surface area contributed by atoms with Crippen LogP contribution in [0, 0.1) is 11.3 Å². The number of hydrogen-bond donors (Lipinski definition) is 0. The van der Waals surface area contributed by atoms with E-state index in [0.29, 0.717) is 23.3 Å². The molecule has 5 heteroatoms. The first-order valence-corrected chi connectivity index (χ1v) is 5.43. The van der Waals surface area contributed by atoms with Gasteiger partial charge in [-0.25, -0.2) is 4.79 Å². The van der Waals surface area contributed by atoms with Crippen molar-refractivity contribution >= 4 is 11.0 Å². The highest BCUT2D eigenvalue weighted by atomic mass is 16.7. The van der Waals surface area contributed by atoms with E-state index in [1.54, 1.807) is 24.3 Å². The normalized spacial score (nSPS) is 10.2. The number of fused-ring (bicyclic) bond motifs is 1. The highest BCUT2D eigenvalue weighted by molar-refractivity contribution is 5.79. The van der Waals surface area contributed by atoms with Crippen molar-refractivity contribution in [1.82, 2.24) is 0 Å². The Balaban J connectivity index is 2.34. The molecular formula is C13H11NO4. The van der Waals surface area contributed by atoms with Crippen LogP contribution in [0.1, 0.15) is 12.5 Å². The predicted molar refractivity (Wildman–Crippen MR) is 64.3 cm³/mol. The van der Waals surface area contributed by atoms with Gasteiger partial charge in [0.25, 0.3) is 0 Å². The average Bonchev–Trinajstić information content (AvgIpc) is 2.38. The second kappa shape index (κ2) is 5.34. The number of rotatable bonds is 4. The number of benzene rings is 1. The van der Waals surface area contributed by atoms with Crippen molar-refractivity contribution in [2.45, 2.75) is 6.92 Å². The minimum Gasteiger partial charge on any atom is -0.467 e. The summed E-state index contributed by atoms with van der Waals surface area (Å²) in [6, 6.07) is 8.32. The summed E-state index contributed by atoms with van der Waals surface area (Å²) >= 11 is 0. The minimum atomic E-state index is -0.646. The molecule has 0 unspecified atom stereocenters. The smallest absolute Gasteiger partial charge is 0.354 e. The molecule has 0 aliphatic carbocycles. The molecule has 5 nitrogen and oxygen atoms in total. The molecule has 0 saturated heterocycles. The van der Waals surface area contributed by atoms with Gasteiger partial charge in [0, 0.05) is 18.1 Å². The molecule has 18 heavy (non-hydrogen) atoms. The Labute approximate surface area is 103 Å². The van der Waals surface area contributed by atoms with Crippen LogP contribution in [0.2, 0.25) is 0 Å². The van der Waals surface area contributed by atoms with Crippen molar-refractivity contribution in [3.8, 4) is 11.8 Å². The fourth-order valence-corrected chi connectivity index (χ4v) is 1.45. The topological polar surface area (TPSA) is 72.5 Å². The fourth-order valence-electron chi connectivity index (χ4n) is 1.45. The summed E-state index contributed by atoms with van der Waals surface area (Å²) in [7, 11) is 0. The van der Waals surface area contributed by atoms with Crippen LogP contribution in [0.3, 0.4) is 0 Å². The molecule has 0 aliphatic rings. The molecule has 1 aromatic carbocycles. The largest absolute Gasteiger partial charge is 0.467 e. The first-order chi connectivity index (χ1) is 8.74. The van der Waals surface area contributed by atoms with Crippen LogP contribution in [-0.2, 0) is 4.74 Å².